The average Bonchev–Trinajstić information content (AvgIpc) is 3.39. The molecule has 2 N–H and O–H groups in total. The summed E-state index contributed by atoms with van der Waals surface area (Å²) in [7, 11) is -4.11. The molecule has 1 aliphatic rings. The molecule has 0 amide bonds. The van der Waals surface area contributed by atoms with E-state index in [-0.39, 0.29) is 21.9 Å². The van der Waals surface area contributed by atoms with Crippen LogP contribution in [0.2, 0.25) is 5.02 Å². The molecule has 0 saturated heterocycles. The molecule has 0 spiro atoms. The van der Waals surface area contributed by atoms with Crippen molar-refractivity contribution in [1.29, 1.82) is 5.41 Å². The van der Waals surface area contributed by atoms with Crippen molar-refractivity contribution in [2.75, 3.05) is 11.3 Å². The Morgan fingerprint density at radius 1 is 1.00 bits per heavy atom. The van der Waals surface area contributed by atoms with Crippen molar-refractivity contribution >= 4 is 66.6 Å². The first-order chi connectivity index (χ1) is 18.3. The number of hydrazone groups is 1. The van der Waals surface area contributed by atoms with Crippen LogP contribution in [0.5, 0.6) is 0 Å². The van der Waals surface area contributed by atoms with Crippen LogP contribution in [-0.4, -0.2) is 31.4 Å². The van der Waals surface area contributed by atoms with E-state index in [0.29, 0.717) is 17.2 Å². The van der Waals surface area contributed by atoms with Gasteiger partial charge in [-0.05, 0) is 59.0 Å². The molecule has 7 nitrogen and oxygen atoms in total. The van der Waals surface area contributed by atoms with Gasteiger partial charge in [-0.15, -0.1) is 4.40 Å². The molecule has 1 aliphatic heterocycles. The molecule has 4 aromatic rings. The van der Waals surface area contributed by atoms with Gasteiger partial charge in [-0.1, -0.05) is 84.0 Å². The maximum Gasteiger partial charge on any atom is 0.284 e. The molecule has 1 heterocycles. The van der Waals surface area contributed by atoms with Gasteiger partial charge in [-0.3, -0.25) is 10.4 Å². The standard InChI is InChI=1S/C28H24ClN5O2S2/c1-37-28(30)31-27(33-38(35,36)24-16-11-19-7-5-6-10-21(19)17-24)25-18-26(20-8-3-2-4-9-20)34(32-25)23-14-12-22(29)13-15-23/h2-17,26H,18H2,1H3,(H2,30,31,33). The molecule has 0 bridgehead atoms. The summed E-state index contributed by atoms with van der Waals surface area (Å²) in [5.41, 5.74) is 2.24. The second kappa shape index (κ2) is 11.0. The number of nitrogens with one attached hydrogen (secondary N) is 2. The fraction of sp³-hybridized carbons (Fsp3) is 0.107. The van der Waals surface area contributed by atoms with Gasteiger partial charge in [0.1, 0.15) is 5.71 Å². The second-order valence-corrected chi connectivity index (χ2v) is 11.4. The minimum absolute atomic E-state index is 0.0231. The minimum Gasteiger partial charge on any atom is -0.318 e. The summed E-state index contributed by atoms with van der Waals surface area (Å²) in [6.07, 6.45) is 2.11. The fourth-order valence-electron chi connectivity index (χ4n) is 4.23. The highest BCUT2D eigenvalue weighted by molar-refractivity contribution is 8.13. The highest BCUT2D eigenvalue weighted by Gasteiger charge is 2.33. The normalized spacial score (nSPS) is 15.9. The molecule has 0 saturated carbocycles. The van der Waals surface area contributed by atoms with Crippen LogP contribution in [-0.2, 0) is 10.0 Å². The number of amidine groups is 2. The first kappa shape index (κ1) is 26.0. The molecule has 4 aromatic carbocycles. The molecule has 38 heavy (non-hydrogen) atoms. The Morgan fingerprint density at radius 3 is 2.39 bits per heavy atom. The lowest BCUT2D eigenvalue weighted by Crippen LogP contribution is -2.34. The number of nitrogens with zero attached hydrogens (tertiary/aromatic N) is 3. The van der Waals surface area contributed by atoms with Gasteiger partial charge in [-0.2, -0.15) is 13.5 Å². The Morgan fingerprint density at radius 2 is 1.68 bits per heavy atom. The molecule has 0 fully saturated rings. The second-order valence-electron chi connectivity index (χ2n) is 8.58. The van der Waals surface area contributed by atoms with Crippen LogP contribution < -0.4 is 10.3 Å². The van der Waals surface area contributed by atoms with Crippen molar-refractivity contribution in [2.45, 2.75) is 17.4 Å². The number of rotatable bonds is 5. The predicted octanol–water partition coefficient (Wildman–Crippen LogP) is 6.48. The predicted molar refractivity (Wildman–Crippen MR) is 158 cm³/mol. The molecule has 192 valence electrons. The summed E-state index contributed by atoms with van der Waals surface area (Å²) in [6, 6.07) is 29.4. The average molecular weight is 562 g/mol. The van der Waals surface area contributed by atoms with E-state index in [9.17, 15) is 8.42 Å². The van der Waals surface area contributed by atoms with Crippen molar-refractivity contribution in [3.63, 3.8) is 0 Å². The molecule has 0 aliphatic carbocycles. The molecule has 5 rings (SSSR count). The molecule has 0 aromatic heterocycles. The van der Waals surface area contributed by atoms with E-state index in [1.54, 1.807) is 36.6 Å². The number of hydrogen-bond donors (Lipinski definition) is 2. The van der Waals surface area contributed by atoms with Crippen molar-refractivity contribution < 1.29 is 8.42 Å². The molecular formula is C28H24ClN5O2S2. The van der Waals surface area contributed by atoms with Crippen molar-refractivity contribution in [2.24, 2.45) is 9.50 Å². The fourth-order valence-corrected chi connectivity index (χ4v) is 5.56. The number of thioether (sulfide) groups is 1. The Bertz CT molecular complexity index is 1660. The number of hydrogen-bond acceptors (Lipinski definition) is 6. The van der Waals surface area contributed by atoms with Gasteiger partial charge in [0.2, 0.25) is 0 Å². The van der Waals surface area contributed by atoms with Crippen LogP contribution in [0, 0.1) is 5.41 Å². The van der Waals surface area contributed by atoms with Crippen LogP contribution in [0.3, 0.4) is 0 Å². The van der Waals surface area contributed by atoms with Crippen molar-refractivity contribution in [1.82, 2.24) is 5.32 Å². The first-order valence-corrected chi connectivity index (χ1v) is 14.8. The molecule has 1 unspecified atom stereocenters. The van der Waals surface area contributed by atoms with Crippen LogP contribution in [0.15, 0.2) is 111 Å². The van der Waals surface area contributed by atoms with Gasteiger partial charge in [-0.25, -0.2) is 0 Å². The van der Waals surface area contributed by atoms with Gasteiger partial charge in [0.25, 0.3) is 10.0 Å². The minimum atomic E-state index is -4.11. The van der Waals surface area contributed by atoms with E-state index in [0.717, 1.165) is 33.8 Å². The topological polar surface area (TPSA) is 98.0 Å². The van der Waals surface area contributed by atoms with E-state index in [1.165, 1.54) is 0 Å². The third-order valence-electron chi connectivity index (χ3n) is 6.13. The van der Waals surface area contributed by atoms with Crippen molar-refractivity contribution in [3.8, 4) is 0 Å². The summed E-state index contributed by atoms with van der Waals surface area (Å²) >= 11 is 7.26. The Labute approximate surface area is 230 Å². The third-order valence-corrected chi connectivity index (χ3v) is 8.16. The highest BCUT2D eigenvalue weighted by atomic mass is 35.5. The van der Waals surface area contributed by atoms with E-state index >= 15 is 0 Å². The summed E-state index contributed by atoms with van der Waals surface area (Å²) < 4.78 is 31.1. The summed E-state index contributed by atoms with van der Waals surface area (Å²) in [5.74, 6) is 0.0231. The molecule has 0 radical (unpaired) electrons. The van der Waals surface area contributed by atoms with Crippen molar-refractivity contribution in [3.05, 3.63) is 108 Å². The highest BCUT2D eigenvalue weighted by Crippen LogP contribution is 2.36. The smallest absolute Gasteiger partial charge is 0.284 e. The lowest BCUT2D eigenvalue weighted by Gasteiger charge is -2.24. The SMILES string of the molecule is CSC(=N)N/C(=N\S(=O)(=O)c1ccc2ccccc2c1)C1=NN(c2ccc(Cl)cc2)C(c2ccccc2)C1. The summed E-state index contributed by atoms with van der Waals surface area (Å²) in [5, 5.41) is 20.1. The van der Waals surface area contributed by atoms with Crippen LogP contribution in [0.25, 0.3) is 10.8 Å². The van der Waals surface area contributed by atoms with Gasteiger partial charge < -0.3 is 5.32 Å². The van der Waals surface area contributed by atoms with E-state index in [2.05, 4.69) is 9.71 Å². The Hall–Kier alpha value is -3.66. The zero-order valence-electron chi connectivity index (χ0n) is 20.4. The molecular weight excluding hydrogens is 538 g/mol. The van der Waals surface area contributed by atoms with Gasteiger partial charge in [0.15, 0.2) is 11.0 Å². The van der Waals surface area contributed by atoms with Gasteiger partial charge in [0.05, 0.1) is 16.6 Å². The monoisotopic (exact) mass is 561 g/mol. The third kappa shape index (κ3) is 5.60. The van der Waals surface area contributed by atoms with E-state index in [1.807, 2.05) is 71.7 Å². The lowest BCUT2D eigenvalue weighted by molar-refractivity contribution is 0.598. The quantitative estimate of drug-likeness (QED) is 0.215. The summed E-state index contributed by atoms with van der Waals surface area (Å²) in [4.78, 5) is 0.0685. The number of anilines is 1. The lowest BCUT2D eigenvalue weighted by atomic mass is 10.0. The number of benzene rings is 4. The zero-order valence-corrected chi connectivity index (χ0v) is 22.8. The van der Waals surface area contributed by atoms with Crippen LogP contribution >= 0.6 is 23.4 Å². The van der Waals surface area contributed by atoms with Gasteiger partial charge >= 0.3 is 0 Å². The van der Waals surface area contributed by atoms with Gasteiger partial charge in [0, 0.05) is 11.4 Å². The molecule has 10 heteroatoms. The largest absolute Gasteiger partial charge is 0.318 e. The Balaban J connectivity index is 1.58. The maximum atomic E-state index is 13.5. The van der Waals surface area contributed by atoms with E-state index in [4.69, 9.17) is 22.1 Å². The van der Waals surface area contributed by atoms with Crippen LogP contribution in [0.4, 0.5) is 5.69 Å². The van der Waals surface area contributed by atoms with E-state index < -0.39 is 10.0 Å². The number of fused-ring (bicyclic) bond motifs is 1. The number of halogens is 1. The zero-order chi connectivity index (χ0) is 26.7. The first-order valence-electron chi connectivity index (χ1n) is 11.7. The summed E-state index contributed by atoms with van der Waals surface area (Å²) in [6.45, 7) is 0. The Kier molecular flexibility index (Phi) is 7.51. The number of sulfonamides is 1. The van der Waals surface area contributed by atoms with Crippen LogP contribution in [0.1, 0.15) is 18.0 Å². The maximum absolute atomic E-state index is 13.5. The molecule has 1 atom stereocenters.